The van der Waals surface area contributed by atoms with Gasteiger partial charge >= 0.3 is 5.97 Å². The minimum absolute atomic E-state index is 0.189. The van der Waals surface area contributed by atoms with E-state index in [4.69, 9.17) is 5.11 Å². The summed E-state index contributed by atoms with van der Waals surface area (Å²) in [6.45, 7) is -1.31. The molecule has 2 N–H and O–H groups in total. The molecule has 0 heterocycles. The van der Waals surface area contributed by atoms with Gasteiger partial charge in [-0.25, -0.2) is 9.18 Å². The molecule has 0 aliphatic carbocycles. The van der Waals surface area contributed by atoms with E-state index in [1.165, 1.54) is 0 Å². The van der Waals surface area contributed by atoms with Crippen LogP contribution in [0.25, 0.3) is 0 Å². The molecule has 1 amide bonds. The molecular formula is C9H7FN2O5. The van der Waals surface area contributed by atoms with Crippen molar-refractivity contribution in [1.29, 1.82) is 0 Å². The number of carbonyl (C=O) groups excluding carboxylic acids is 1. The molecule has 0 aromatic heterocycles. The molecule has 0 unspecified atom stereocenters. The van der Waals surface area contributed by atoms with Crippen LogP contribution in [-0.4, -0.2) is 28.6 Å². The Kier molecular flexibility index (Phi) is 3.70. The number of hydrogen-bond donors (Lipinski definition) is 2. The standard InChI is InChI=1S/C9H7FN2O5/c10-4-8(13)11-7-2-1-5(12(16)17)3-6(7)9(14)15/h1-3H,4H2,(H,11,13)(H,14,15). The second-order valence-corrected chi connectivity index (χ2v) is 2.97. The van der Waals surface area contributed by atoms with Crippen LogP contribution in [-0.2, 0) is 4.79 Å². The van der Waals surface area contributed by atoms with Gasteiger partial charge in [-0.15, -0.1) is 0 Å². The maximum absolute atomic E-state index is 11.9. The maximum atomic E-state index is 11.9. The normalized spacial score (nSPS) is 9.71. The predicted octanol–water partition coefficient (Wildman–Crippen LogP) is 1.20. The van der Waals surface area contributed by atoms with Gasteiger partial charge in [-0.2, -0.15) is 0 Å². The van der Waals surface area contributed by atoms with Crippen LogP contribution in [0, 0.1) is 10.1 Å². The maximum Gasteiger partial charge on any atom is 0.338 e. The Hall–Kier alpha value is -2.51. The first-order valence-electron chi connectivity index (χ1n) is 4.33. The average molecular weight is 242 g/mol. The first-order chi connectivity index (χ1) is 7.95. The molecule has 1 aromatic rings. The van der Waals surface area contributed by atoms with Crippen LogP contribution < -0.4 is 5.32 Å². The number of nitrogens with one attached hydrogen (secondary N) is 1. The zero-order valence-corrected chi connectivity index (χ0v) is 8.34. The van der Waals surface area contributed by atoms with E-state index in [2.05, 4.69) is 0 Å². The summed E-state index contributed by atoms with van der Waals surface area (Å²) in [5.74, 6) is -2.48. The quantitative estimate of drug-likeness (QED) is 0.608. The number of carboxylic acids is 1. The fraction of sp³-hybridized carbons (Fsp3) is 0.111. The van der Waals surface area contributed by atoms with Gasteiger partial charge in [0.1, 0.15) is 0 Å². The molecule has 0 atom stereocenters. The molecule has 8 heteroatoms. The molecule has 0 bridgehead atoms. The molecule has 90 valence electrons. The highest BCUT2D eigenvalue weighted by atomic mass is 19.1. The van der Waals surface area contributed by atoms with Crippen LogP contribution in [0.15, 0.2) is 18.2 Å². The lowest BCUT2D eigenvalue weighted by atomic mass is 10.1. The van der Waals surface area contributed by atoms with Crippen molar-refractivity contribution in [1.82, 2.24) is 0 Å². The number of carboxylic acid groups (broad SMARTS) is 1. The molecule has 0 aliphatic rings. The lowest BCUT2D eigenvalue weighted by Crippen LogP contribution is -2.16. The number of nitro benzene ring substituents is 1. The number of non-ortho nitro benzene ring substituents is 1. The third-order valence-electron chi connectivity index (χ3n) is 1.84. The summed E-state index contributed by atoms with van der Waals surface area (Å²) >= 11 is 0. The molecule has 0 spiro atoms. The van der Waals surface area contributed by atoms with E-state index < -0.39 is 34.7 Å². The summed E-state index contributed by atoms with van der Waals surface area (Å²) in [6, 6.07) is 2.84. The summed E-state index contributed by atoms with van der Waals surface area (Å²) in [7, 11) is 0. The Bertz CT molecular complexity index is 488. The van der Waals surface area contributed by atoms with E-state index in [-0.39, 0.29) is 5.69 Å². The molecule has 1 rings (SSSR count). The molecule has 0 fully saturated rings. The van der Waals surface area contributed by atoms with Crippen molar-refractivity contribution in [2.75, 3.05) is 12.0 Å². The summed E-state index contributed by atoms with van der Waals surface area (Å²) in [5, 5.41) is 21.2. The van der Waals surface area contributed by atoms with Crippen molar-refractivity contribution < 1.29 is 24.0 Å². The molecule has 0 radical (unpaired) electrons. The highest BCUT2D eigenvalue weighted by molar-refractivity contribution is 6.01. The minimum Gasteiger partial charge on any atom is -0.478 e. The predicted molar refractivity (Wildman–Crippen MR) is 54.7 cm³/mol. The highest BCUT2D eigenvalue weighted by Gasteiger charge is 2.17. The highest BCUT2D eigenvalue weighted by Crippen LogP contribution is 2.22. The van der Waals surface area contributed by atoms with E-state index in [1.54, 1.807) is 0 Å². The Labute approximate surface area is 94.0 Å². The number of carbonyl (C=O) groups is 2. The number of nitro groups is 1. The fourth-order valence-corrected chi connectivity index (χ4v) is 1.12. The van der Waals surface area contributed by atoms with E-state index in [9.17, 15) is 24.1 Å². The number of halogens is 1. The number of rotatable bonds is 4. The molecule has 0 aliphatic heterocycles. The van der Waals surface area contributed by atoms with Crippen molar-refractivity contribution in [3.05, 3.63) is 33.9 Å². The molecule has 0 saturated carbocycles. The first kappa shape index (κ1) is 12.6. The number of anilines is 1. The second kappa shape index (κ2) is 5.01. The largest absolute Gasteiger partial charge is 0.478 e. The smallest absolute Gasteiger partial charge is 0.338 e. The lowest BCUT2D eigenvalue weighted by molar-refractivity contribution is -0.384. The van der Waals surface area contributed by atoms with Crippen LogP contribution in [0.2, 0.25) is 0 Å². The van der Waals surface area contributed by atoms with E-state index >= 15 is 0 Å². The summed E-state index contributed by atoms with van der Waals surface area (Å²) in [4.78, 5) is 31.2. The Morgan fingerprint density at radius 1 is 1.47 bits per heavy atom. The zero-order valence-electron chi connectivity index (χ0n) is 8.34. The minimum atomic E-state index is -1.46. The first-order valence-corrected chi connectivity index (χ1v) is 4.33. The van der Waals surface area contributed by atoms with E-state index in [1.807, 2.05) is 5.32 Å². The van der Waals surface area contributed by atoms with Crippen LogP contribution in [0.1, 0.15) is 10.4 Å². The van der Waals surface area contributed by atoms with Crippen LogP contribution in [0.3, 0.4) is 0 Å². The monoisotopic (exact) mass is 242 g/mol. The van der Waals surface area contributed by atoms with Gasteiger partial charge in [0.2, 0.25) is 0 Å². The van der Waals surface area contributed by atoms with Crippen molar-refractivity contribution in [3.8, 4) is 0 Å². The number of aromatic carboxylic acids is 1. The van der Waals surface area contributed by atoms with E-state index in [0.717, 1.165) is 18.2 Å². The summed E-state index contributed by atoms with van der Waals surface area (Å²) < 4.78 is 11.9. The van der Waals surface area contributed by atoms with Gasteiger partial charge < -0.3 is 10.4 Å². The van der Waals surface area contributed by atoms with Gasteiger partial charge in [0.05, 0.1) is 16.2 Å². The third-order valence-corrected chi connectivity index (χ3v) is 1.84. The Morgan fingerprint density at radius 3 is 2.59 bits per heavy atom. The van der Waals surface area contributed by atoms with Gasteiger partial charge in [-0.1, -0.05) is 0 Å². The average Bonchev–Trinajstić information content (AvgIpc) is 2.28. The van der Waals surface area contributed by atoms with Crippen molar-refractivity contribution in [3.63, 3.8) is 0 Å². The van der Waals surface area contributed by atoms with Crippen molar-refractivity contribution >= 4 is 23.3 Å². The third kappa shape index (κ3) is 2.97. The van der Waals surface area contributed by atoms with Gasteiger partial charge in [0.15, 0.2) is 6.67 Å². The van der Waals surface area contributed by atoms with E-state index in [0.29, 0.717) is 0 Å². The molecule has 7 nitrogen and oxygen atoms in total. The van der Waals surface area contributed by atoms with Gasteiger partial charge in [-0.05, 0) is 6.07 Å². The Morgan fingerprint density at radius 2 is 2.12 bits per heavy atom. The van der Waals surface area contributed by atoms with Gasteiger partial charge in [0.25, 0.3) is 11.6 Å². The second-order valence-electron chi connectivity index (χ2n) is 2.97. The number of nitrogens with zero attached hydrogens (tertiary/aromatic N) is 1. The van der Waals surface area contributed by atoms with Crippen molar-refractivity contribution in [2.45, 2.75) is 0 Å². The SMILES string of the molecule is O=C(CF)Nc1ccc([N+](=O)[O-])cc1C(=O)O. The molecule has 17 heavy (non-hydrogen) atoms. The lowest BCUT2D eigenvalue weighted by Gasteiger charge is -2.06. The van der Waals surface area contributed by atoms with Gasteiger partial charge in [0, 0.05) is 12.1 Å². The number of amides is 1. The zero-order chi connectivity index (χ0) is 13.0. The Balaban J connectivity index is 3.17. The fourth-order valence-electron chi connectivity index (χ4n) is 1.12. The molecule has 0 saturated heterocycles. The molecule has 1 aromatic carbocycles. The number of benzene rings is 1. The van der Waals surface area contributed by atoms with Gasteiger partial charge in [-0.3, -0.25) is 14.9 Å². The number of alkyl halides is 1. The van der Waals surface area contributed by atoms with Crippen LogP contribution in [0.5, 0.6) is 0 Å². The summed E-state index contributed by atoms with van der Waals surface area (Å²) in [6.07, 6.45) is 0. The summed E-state index contributed by atoms with van der Waals surface area (Å²) in [5.41, 5.74) is -1.09. The number of hydrogen-bond acceptors (Lipinski definition) is 4. The topological polar surface area (TPSA) is 110 Å². The van der Waals surface area contributed by atoms with Crippen molar-refractivity contribution in [2.24, 2.45) is 0 Å². The van der Waals surface area contributed by atoms with Crippen LogP contribution >= 0.6 is 0 Å². The van der Waals surface area contributed by atoms with Crippen LogP contribution in [0.4, 0.5) is 15.8 Å². The molecular weight excluding hydrogens is 235 g/mol.